The molecule has 1 saturated carbocycles. The van der Waals surface area contributed by atoms with Gasteiger partial charge in [-0.2, -0.15) is 0 Å². The van der Waals surface area contributed by atoms with Crippen molar-refractivity contribution in [2.45, 2.75) is 68.8 Å². The molecule has 0 radical (unpaired) electrons. The topological polar surface area (TPSA) is 29.3 Å². The molecule has 0 bridgehead atoms. The van der Waals surface area contributed by atoms with E-state index in [0.29, 0.717) is 0 Å². The fourth-order valence-corrected chi connectivity index (χ4v) is 4.70. The molecule has 0 saturated heterocycles. The molecule has 2 aromatic rings. The quantitative estimate of drug-likeness (QED) is 0.912. The Morgan fingerprint density at radius 1 is 1.40 bits per heavy atom. The molecule has 2 heterocycles. The fraction of sp³-hybridized carbons (Fsp3) is 0.667. The van der Waals surface area contributed by atoms with E-state index in [1.54, 1.807) is 11.3 Å². The number of imidazole rings is 1. The normalized spacial score (nSPS) is 17.4. The van der Waals surface area contributed by atoms with Crippen LogP contribution in [0.15, 0.2) is 16.6 Å². The van der Waals surface area contributed by atoms with Crippen LogP contribution in [-0.2, 0) is 6.54 Å². The van der Waals surface area contributed by atoms with Crippen molar-refractivity contribution >= 4 is 28.1 Å². The van der Waals surface area contributed by atoms with Crippen molar-refractivity contribution in [2.75, 3.05) is 0 Å². The second-order valence-corrected chi connectivity index (χ2v) is 8.71. The van der Waals surface area contributed by atoms with Gasteiger partial charge in [-0.3, -0.25) is 4.40 Å². The van der Waals surface area contributed by atoms with Crippen LogP contribution in [0.25, 0.3) is 4.96 Å². The Balaban J connectivity index is 1.83. The van der Waals surface area contributed by atoms with Crippen molar-refractivity contribution in [3.05, 3.63) is 17.3 Å². The first-order valence-electron chi connectivity index (χ1n) is 7.39. The van der Waals surface area contributed by atoms with E-state index in [-0.39, 0.29) is 5.54 Å². The van der Waals surface area contributed by atoms with Gasteiger partial charge in [-0.15, -0.1) is 23.1 Å². The van der Waals surface area contributed by atoms with E-state index in [1.807, 2.05) is 11.8 Å². The molecule has 0 amide bonds. The van der Waals surface area contributed by atoms with Gasteiger partial charge in [0.05, 0.1) is 5.69 Å². The first-order chi connectivity index (χ1) is 9.53. The Hall–Kier alpha value is -0.520. The van der Waals surface area contributed by atoms with Gasteiger partial charge < -0.3 is 5.32 Å². The van der Waals surface area contributed by atoms with Gasteiger partial charge in [-0.05, 0) is 33.6 Å². The number of hydrogen-bond acceptors (Lipinski definition) is 4. The molecule has 1 aliphatic carbocycles. The number of rotatable bonds is 4. The molecule has 0 spiro atoms. The molecule has 0 aliphatic heterocycles. The third kappa shape index (κ3) is 3.21. The minimum atomic E-state index is 0.134. The van der Waals surface area contributed by atoms with E-state index in [1.165, 1.54) is 36.4 Å². The Morgan fingerprint density at radius 2 is 2.15 bits per heavy atom. The zero-order valence-corrected chi connectivity index (χ0v) is 14.1. The van der Waals surface area contributed by atoms with Crippen LogP contribution in [0.1, 0.15) is 52.1 Å². The van der Waals surface area contributed by atoms with E-state index in [4.69, 9.17) is 4.98 Å². The maximum absolute atomic E-state index is 4.84. The van der Waals surface area contributed by atoms with Crippen LogP contribution >= 0.6 is 23.1 Å². The van der Waals surface area contributed by atoms with Gasteiger partial charge in [-0.1, -0.05) is 12.8 Å². The van der Waals surface area contributed by atoms with Crippen molar-refractivity contribution in [1.82, 2.24) is 14.7 Å². The number of thiazole rings is 1. The molecule has 110 valence electrons. The lowest BCUT2D eigenvalue weighted by atomic mass is 10.1. The van der Waals surface area contributed by atoms with Crippen molar-refractivity contribution in [3.8, 4) is 0 Å². The summed E-state index contributed by atoms with van der Waals surface area (Å²) in [5.74, 6) is 0. The smallest absolute Gasteiger partial charge is 0.194 e. The first-order valence-corrected chi connectivity index (χ1v) is 9.15. The molecular weight excluding hydrogens is 286 g/mol. The van der Waals surface area contributed by atoms with Gasteiger partial charge in [-0.25, -0.2) is 4.98 Å². The lowest BCUT2D eigenvalue weighted by Gasteiger charge is -2.20. The minimum absolute atomic E-state index is 0.134. The molecule has 0 unspecified atom stereocenters. The van der Waals surface area contributed by atoms with E-state index in [2.05, 4.69) is 42.1 Å². The molecule has 1 fully saturated rings. The number of fused-ring (bicyclic) bond motifs is 1. The largest absolute Gasteiger partial charge is 0.306 e. The summed E-state index contributed by atoms with van der Waals surface area (Å²) in [6.07, 6.45) is 7.61. The van der Waals surface area contributed by atoms with E-state index in [9.17, 15) is 0 Å². The first kappa shape index (κ1) is 14.4. The summed E-state index contributed by atoms with van der Waals surface area (Å²) >= 11 is 3.72. The third-order valence-corrected chi connectivity index (χ3v) is 5.80. The molecule has 2 aromatic heterocycles. The molecule has 0 atom stereocenters. The van der Waals surface area contributed by atoms with Crippen LogP contribution in [0, 0.1) is 0 Å². The standard InChI is InChI=1S/C15H23N3S2/c1-15(2,3)16-10-12-13(20-11-6-4-5-7-11)17-14-18(12)8-9-19-14/h8-9,11,16H,4-7,10H2,1-3H3. The Morgan fingerprint density at radius 3 is 2.85 bits per heavy atom. The van der Waals surface area contributed by atoms with E-state index < -0.39 is 0 Å². The predicted molar refractivity (Wildman–Crippen MR) is 87.8 cm³/mol. The monoisotopic (exact) mass is 309 g/mol. The summed E-state index contributed by atoms with van der Waals surface area (Å²) in [5, 5.41) is 7.73. The zero-order chi connectivity index (χ0) is 14.2. The second kappa shape index (κ2) is 5.70. The Bertz CT molecular complexity index is 573. The van der Waals surface area contributed by atoms with Gasteiger partial charge in [0.2, 0.25) is 0 Å². The highest BCUT2D eigenvalue weighted by Gasteiger charge is 2.22. The SMILES string of the molecule is CC(C)(C)NCc1c(SC2CCCC2)nc2sccn12. The van der Waals surface area contributed by atoms with E-state index >= 15 is 0 Å². The number of aromatic nitrogens is 2. The van der Waals surface area contributed by atoms with Crippen molar-refractivity contribution in [1.29, 1.82) is 0 Å². The number of hydrogen-bond donors (Lipinski definition) is 1. The van der Waals surface area contributed by atoms with Crippen LogP contribution in [-0.4, -0.2) is 20.2 Å². The van der Waals surface area contributed by atoms with Crippen LogP contribution in [0.5, 0.6) is 0 Å². The zero-order valence-electron chi connectivity index (χ0n) is 12.5. The molecule has 1 aliphatic rings. The summed E-state index contributed by atoms with van der Waals surface area (Å²) in [6, 6.07) is 0. The van der Waals surface area contributed by atoms with Crippen molar-refractivity contribution in [3.63, 3.8) is 0 Å². The summed E-state index contributed by atoms with van der Waals surface area (Å²) in [5.41, 5.74) is 1.46. The molecule has 1 N–H and O–H groups in total. The highest BCUT2D eigenvalue weighted by molar-refractivity contribution is 7.99. The molecule has 3 nitrogen and oxygen atoms in total. The Kier molecular flexibility index (Phi) is 4.11. The van der Waals surface area contributed by atoms with Gasteiger partial charge in [0.25, 0.3) is 0 Å². The summed E-state index contributed by atoms with van der Waals surface area (Å²) in [4.78, 5) is 5.96. The van der Waals surface area contributed by atoms with Crippen LogP contribution < -0.4 is 5.32 Å². The minimum Gasteiger partial charge on any atom is -0.306 e. The summed E-state index contributed by atoms with van der Waals surface area (Å²) < 4.78 is 2.25. The number of thioether (sulfide) groups is 1. The van der Waals surface area contributed by atoms with Gasteiger partial charge >= 0.3 is 0 Å². The van der Waals surface area contributed by atoms with Crippen molar-refractivity contribution in [2.24, 2.45) is 0 Å². The molecule has 3 rings (SSSR count). The lowest BCUT2D eigenvalue weighted by molar-refractivity contribution is 0.418. The lowest BCUT2D eigenvalue weighted by Crippen LogP contribution is -2.35. The highest BCUT2D eigenvalue weighted by atomic mass is 32.2. The fourth-order valence-electron chi connectivity index (χ4n) is 2.58. The maximum Gasteiger partial charge on any atom is 0.194 e. The van der Waals surface area contributed by atoms with Gasteiger partial charge in [0.1, 0.15) is 5.03 Å². The van der Waals surface area contributed by atoms with Crippen LogP contribution in [0.3, 0.4) is 0 Å². The molecule has 0 aromatic carbocycles. The number of nitrogens with one attached hydrogen (secondary N) is 1. The van der Waals surface area contributed by atoms with Gasteiger partial charge in [0, 0.05) is 28.9 Å². The van der Waals surface area contributed by atoms with Gasteiger partial charge in [0.15, 0.2) is 4.96 Å². The van der Waals surface area contributed by atoms with Crippen LogP contribution in [0.4, 0.5) is 0 Å². The molecule has 20 heavy (non-hydrogen) atoms. The average molecular weight is 310 g/mol. The second-order valence-electron chi connectivity index (χ2n) is 6.55. The summed E-state index contributed by atoms with van der Waals surface area (Å²) in [7, 11) is 0. The van der Waals surface area contributed by atoms with E-state index in [0.717, 1.165) is 16.8 Å². The molecule has 5 heteroatoms. The maximum atomic E-state index is 4.84. The third-order valence-electron chi connectivity index (χ3n) is 3.69. The van der Waals surface area contributed by atoms with Crippen LogP contribution in [0.2, 0.25) is 0 Å². The highest BCUT2D eigenvalue weighted by Crippen LogP contribution is 2.36. The Labute approximate surface area is 129 Å². The summed E-state index contributed by atoms with van der Waals surface area (Å²) in [6.45, 7) is 7.52. The predicted octanol–water partition coefficient (Wildman–Crippen LogP) is 4.32. The average Bonchev–Trinajstić information content (AvgIpc) is 3.03. The molecular formula is C15H23N3S2. The number of nitrogens with zero attached hydrogens (tertiary/aromatic N) is 2. The van der Waals surface area contributed by atoms with Crippen molar-refractivity contribution < 1.29 is 0 Å².